The van der Waals surface area contributed by atoms with Gasteiger partial charge in [0.15, 0.2) is 0 Å². The lowest BCUT2D eigenvalue weighted by molar-refractivity contribution is 0.00578. The molecule has 0 N–H and O–H groups in total. The van der Waals surface area contributed by atoms with Crippen LogP contribution in [0.4, 0.5) is 0 Å². The molecule has 1 saturated heterocycles. The fourth-order valence-corrected chi connectivity index (χ4v) is 8.07. The maximum Gasteiger partial charge on any atom is 0.495 e. The van der Waals surface area contributed by atoms with Crippen molar-refractivity contribution in [1.29, 1.82) is 0 Å². The van der Waals surface area contributed by atoms with Gasteiger partial charge in [-0.3, -0.25) is 0 Å². The lowest BCUT2D eigenvalue weighted by atomic mass is 9.73. The molecule has 4 heteroatoms. The van der Waals surface area contributed by atoms with Crippen molar-refractivity contribution in [1.82, 2.24) is 4.40 Å². The summed E-state index contributed by atoms with van der Waals surface area (Å²) in [6, 6.07) is 44.6. The van der Waals surface area contributed by atoms with Gasteiger partial charge in [-0.15, -0.1) is 0 Å². The Kier molecular flexibility index (Phi) is 5.08. The average Bonchev–Trinajstić information content (AvgIpc) is 3.67. The number of aromatic nitrogens is 1. The Morgan fingerprint density at radius 2 is 1.02 bits per heavy atom. The van der Waals surface area contributed by atoms with Crippen molar-refractivity contribution >= 4 is 83.0 Å². The average molecular weight is 594 g/mol. The maximum absolute atomic E-state index is 6.69. The zero-order valence-electron chi connectivity index (χ0n) is 26.4. The molecule has 46 heavy (non-hydrogen) atoms. The summed E-state index contributed by atoms with van der Waals surface area (Å²) in [6.45, 7) is 8.51. The predicted octanol–water partition coefficient (Wildman–Crippen LogP) is 10.3. The van der Waals surface area contributed by atoms with Gasteiger partial charge in [0.1, 0.15) is 0 Å². The zero-order valence-corrected chi connectivity index (χ0v) is 26.4. The van der Waals surface area contributed by atoms with Gasteiger partial charge in [-0.1, -0.05) is 103 Å². The summed E-state index contributed by atoms with van der Waals surface area (Å²) in [7, 11) is -0.470. The molecule has 0 amide bonds. The summed E-state index contributed by atoms with van der Waals surface area (Å²) in [5, 5.41) is 12.6. The molecule has 9 aromatic rings. The van der Waals surface area contributed by atoms with Crippen LogP contribution in [-0.4, -0.2) is 22.7 Å². The molecular formula is C42H32BNO2. The Morgan fingerprint density at radius 3 is 1.72 bits per heavy atom. The van der Waals surface area contributed by atoms with Crippen molar-refractivity contribution in [2.24, 2.45) is 0 Å². The number of hydrogen-bond donors (Lipinski definition) is 0. The topological polar surface area (TPSA) is 22.9 Å². The molecule has 0 aliphatic carbocycles. The molecule has 1 fully saturated rings. The third-order valence-electron chi connectivity index (χ3n) is 11.0. The third-order valence-corrected chi connectivity index (χ3v) is 11.0. The Morgan fingerprint density at radius 1 is 0.478 bits per heavy atom. The molecule has 220 valence electrons. The molecule has 2 aromatic heterocycles. The Balaban J connectivity index is 1.32. The summed E-state index contributed by atoms with van der Waals surface area (Å²) in [6.07, 6.45) is 0. The molecule has 3 heterocycles. The quantitative estimate of drug-likeness (QED) is 0.147. The highest BCUT2D eigenvalue weighted by Gasteiger charge is 2.52. The molecular weight excluding hydrogens is 561 g/mol. The van der Waals surface area contributed by atoms with Crippen LogP contribution in [0.3, 0.4) is 0 Å². The van der Waals surface area contributed by atoms with Gasteiger partial charge in [0, 0.05) is 21.5 Å². The molecule has 1 aliphatic rings. The Hall–Kier alpha value is -4.90. The van der Waals surface area contributed by atoms with Crippen LogP contribution in [0.25, 0.3) is 81.5 Å². The van der Waals surface area contributed by atoms with Gasteiger partial charge < -0.3 is 13.7 Å². The minimum absolute atomic E-state index is 0.434. The first-order valence-corrected chi connectivity index (χ1v) is 16.2. The van der Waals surface area contributed by atoms with Crippen LogP contribution in [-0.2, 0) is 9.31 Å². The first kappa shape index (κ1) is 26.3. The summed E-state index contributed by atoms with van der Waals surface area (Å²) in [4.78, 5) is 0. The van der Waals surface area contributed by atoms with E-state index < -0.39 is 18.3 Å². The lowest BCUT2D eigenvalue weighted by Crippen LogP contribution is -2.41. The highest BCUT2D eigenvalue weighted by atomic mass is 16.7. The van der Waals surface area contributed by atoms with Gasteiger partial charge in [0.25, 0.3) is 0 Å². The highest BCUT2D eigenvalue weighted by molar-refractivity contribution is 6.66. The minimum atomic E-state index is -0.470. The van der Waals surface area contributed by atoms with Crippen molar-refractivity contribution in [2.45, 2.75) is 38.9 Å². The minimum Gasteiger partial charge on any atom is -0.399 e. The van der Waals surface area contributed by atoms with Crippen molar-refractivity contribution < 1.29 is 9.31 Å². The van der Waals surface area contributed by atoms with Gasteiger partial charge in [0.2, 0.25) is 0 Å². The second-order valence-electron chi connectivity index (χ2n) is 13.9. The van der Waals surface area contributed by atoms with E-state index in [0.717, 1.165) is 5.46 Å². The number of nitrogens with zero attached hydrogens (tertiary/aromatic N) is 1. The van der Waals surface area contributed by atoms with Crippen molar-refractivity contribution in [3.05, 3.63) is 121 Å². The van der Waals surface area contributed by atoms with E-state index in [1.807, 2.05) is 0 Å². The molecule has 1 aliphatic heterocycles. The van der Waals surface area contributed by atoms with Crippen LogP contribution >= 0.6 is 0 Å². The van der Waals surface area contributed by atoms with E-state index in [1.54, 1.807) is 0 Å². The van der Waals surface area contributed by atoms with Gasteiger partial charge >= 0.3 is 7.12 Å². The summed E-state index contributed by atoms with van der Waals surface area (Å²) in [5.41, 5.74) is 6.43. The monoisotopic (exact) mass is 593 g/mol. The molecule has 3 nitrogen and oxygen atoms in total. The van der Waals surface area contributed by atoms with Crippen LogP contribution in [0.2, 0.25) is 0 Å². The van der Waals surface area contributed by atoms with Crippen molar-refractivity contribution in [3.8, 4) is 11.1 Å². The molecule has 0 atom stereocenters. The number of benzene rings is 7. The van der Waals surface area contributed by atoms with E-state index in [0.29, 0.717) is 0 Å². The standard InChI is InChI=1S/C42H32BNO2/c1-41(2)42(3,4)46-43(45-41)35-22-21-26(38-30-15-7-5-12-27(30)28-13-6-8-16-31(28)39(35)38)25-20-23-37-34(24-25)33-18-11-17-32-29-14-9-10-19-36(29)44(37)40(32)33/h5-24H,1-4H3. The van der Waals surface area contributed by atoms with Crippen LogP contribution in [0, 0.1) is 0 Å². The second-order valence-corrected chi connectivity index (χ2v) is 13.9. The van der Waals surface area contributed by atoms with E-state index >= 15 is 0 Å². The van der Waals surface area contributed by atoms with E-state index in [-0.39, 0.29) is 0 Å². The molecule has 10 rings (SSSR count). The van der Waals surface area contributed by atoms with E-state index in [9.17, 15) is 0 Å². The fourth-order valence-electron chi connectivity index (χ4n) is 8.07. The van der Waals surface area contributed by atoms with E-state index in [2.05, 4.69) is 153 Å². The summed E-state index contributed by atoms with van der Waals surface area (Å²) < 4.78 is 15.8. The van der Waals surface area contributed by atoms with E-state index in [1.165, 1.54) is 81.5 Å². The summed E-state index contributed by atoms with van der Waals surface area (Å²) in [5.74, 6) is 0. The second kappa shape index (κ2) is 8.88. The maximum atomic E-state index is 6.69. The van der Waals surface area contributed by atoms with Crippen LogP contribution in [0.1, 0.15) is 27.7 Å². The fraction of sp³-hybridized carbons (Fsp3) is 0.143. The Labute approximate surface area is 267 Å². The smallest absolute Gasteiger partial charge is 0.399 e. The number of rotatable bonds is 2. The Bertz CT molecular complexity index is 2700. The predicted molar refractivity (Wildman–Crippen MR) is 195 cm³/mol. The largest absolute Gasteiger partial charge is 0.495 e. The van der Waals surface area contributed by atoms with Crippen LogP contribution < -0.4 is 5.46 Å². The third kappa shape index (κ3) is 3.30. The zero-order chi connectivity index (χ0) is 30.9. The molecule has 0 unspecified atom stereocenters. The van der Waals surface area contributed by atoms with Gasteiger partial charge in [-0.25, -0.2) is 0 Å². The van der Waals surface area contributed by atoms with Crippen LogP contribution in [0.5, 0.6) is 0 Å². The molecule has 0 saturated carbocycles. The van der Waals surface area contributed by atoms with Gasteiger partial charge in [0.05, 0.1) is 27.8 Å². The number of hydrogen-bond acceptors (Lipinski definition) is 2. The normalized spacial score (nSPS) is 16.4. The van der Waals surface area contributed by atoms with E-state index in [4.69, 9.17) is 9.31 Å². The van der Waals surface area contributed by atoms with Gasteiger partial charge in [-0.2, -0.15) is 0 Å². The SMILES string of the molecule is CC1(C)OB(c2ccc(-c3ccc4c(c3)c3cccc5c6ccccc6n4c53)c3c4ccccc4c4ccccc4c23)OC1(C)C. The first-order chi connectivity index (χ1) is 22.3. The molecule has 0 bridgehead atoms. The first-order valence-electron chi connectivity index (χ1n) is 16.2. The number of para-hydroxylation sites is 2. The van der Waals surface area contributed by atoms with Crippen molar-refractivity contribution in [3.63, 3.8) is 0 Å². The molecule has 7 aromatic carbocycles. The number of fused-ring (bicyclic) bond motifs is 12. The molecule has 0 radical (unpaired) electrons. The molecule has 0 spiro atoms. The summed E-state index contributed by atoms with van der Waals surface area (Å²) >= 11 is 0. The highest BCUT2D eigenvalue weighted by Crippen LogP contribution is 2.44. The van der Waals surface area contributed by atoms with Crippen molar-refractivity contribution in [2.75, 3.05) is 0 Å². The van der Waals surface area contributed by atoms with Gasteiger partial charge in [-0.05, 0) is 94.8 Å². The van der Waals surface area contributed by atoms with Crippen LogP contribution in [0.15, 0.2) is 121 Å². The lowest BCUT2D eigenvalue weighted by Gasteiger charge is -2.32.